The molecule has 0 spiro atoms. The molecule has 3 N–H and O–H groups in total. The number of nitrogens with two attached hydrogens (primary N) is 1. The highest BCUT2D eigenvalue weighted by Gasteiger charge is 2.33. The lowest BCUT2D eigenvalue weighted by atomic mass is 9.94. The van der Waals surface area contributed by atoms with E-state index in [-0.39, 0.29) is 22.6 Å². The molecule has 1 aromatic heterocycles. The van der Waals surface area contributed by atoms with Crippen molar-refractivity contribution in [1.82, 2.24) is 9.78 Å². The van der Waals surface area contributed by atoms with Crippen molar-refractivity contribution in [3.8, 4) is 5.88 Å². The van der Waals surface area contributed by atoms with Gasteiger partial charge in [0.05, 0.1) is 19.3 Å². The summed E-state index contributed by atoms with van der Waals surface area (Å²) in [6.07, 6.45) is 3.72. The number of hydrogen-bond acceptors (Lipinski definition) is 4. The Morgan fingerprint density at radius 1 is 1.35 bits per heavy atom. The molecular formula is C21H26FN5O3S. The van der Waals surface area contributed by atoms with Crippen LogP contribution >= 0.6 is 0 Å². The van der Waals surface area contributed by atoms with E-state index in [2.05, 4.69) is 20.8 Å². The second-order valence-corrected chi connectivity index (χ2v) is 11.2. The first kappa shape index (κ1) is 20.4. The molecule has 2 atom stereocenters. The number of carbonyl (C=O) groups is 1. The van der Waals surface area contributed by atoms with Crippen LogP contribution in [0.25, 0.3) is 0 Å². The van der Waals surface area contributed by atoms with E-state index in [0.29, 0.717) is 25.3 Å². The molecule has 31 heavy (non-hydrogen) atoms. The third-order valence-corrected chi connectivity index (χ3v) is 7.52. The third-order valence-electron chi connectivity index (χ3n) is 6.17. The average molecular weight is 448 g/mol. The molecule has 1 aromatic carbocycles. The maximum Gasteiger partial charge on any atom is 0.354 e. The van der Waals surface area contributed by atoms with Crippen LogP contribution < -0.4 is 15.2 Å². The van der Waals surface area contributed by atoms with E-state index >= 15 is 0 Å². The van der Waals surface area contributed by atoms with E-state index in [1.165, 1.54) is 6.20 Å². The Morgan fingerprint density at radius 2 is 2.16 bits per heavy atom. The number of anilines is 1. The van der Waals surface area contributed by atoms with Gasteiger partial charge >= 0.3 is 6.03 Å². The summed E-state index contributed by atoms with van der Waals surface area (Å²) in [7, 11) is -3.57. The first-order chi connectivity index (χ1) is 14.6. The molecule has 10 heteroatoms. The maximum absolute atomic E-state index is 14.1. The van der Waals surface area contributed by atoms with Crippen LogP contribution in [0.1, 0.15) is 42.5 Å². The predicted molar refractivity (Wildman–Crippen MR) is 114 cm³/mol. The molecule has 0 bridgehead atoms. The number of amides is 2. The number of halogens is 1. The normalized spacial score (nSPS) is 22.6. The minimum Gasteiger partial charge on any atom is -0.476 e. The van der Waals surface area contributed by atoms with Gasteiger partial charge in [-0.3, -0.25) is 0 Å². The quantitative estimate of drug-likeness (QED) is 0.736. The Kier molecular flexibility index (Phi) is 4.63. The van der Waals surface area contributed by atoms with Gasteiger partial charge in [0.25, 0.3) is 0 Å². The Balaban J connectivity index is 1.47. The number of fused-ring (bicyclic) bond motifs is 3. The topological polar surface area (TPSA) is 112 Å². The first-order valence-corrected chi connectivity index (χ1v) is 12.1. The highest BCUT2D eigenvalue weighted by atomic mass is 32.2. The lowest BCUT2D eigenvalue weighted by molar-refractivity contribution is 0.0972. The van der Waals surface area contributed by atoms with Gasteiger partial charge in [-0.2, -0.15) is 5.10 Å². The van der Waals surface area contributed by atoms with Gasteiger partial charge in [-0.15, -0.1) is 4.36 Å². The van der Waals surface area contributed by atoms with Crippen LogP contribution in [0.5, 0.6) is 5.88 Å². The Labute approximate surface area is 180 Å². The SMILES string of the molecule is CC1(C)COc2c(S(N)(=O)=NC(=O)Nc3c4c(cc5c3C[C@@H](F)C5)CCC4)cnn2C1. The zero-order chi connectivity index (χ0) is 22.0. The third kappa shape index (κ3) is 3.61. The summed E-state index contributed by atoms with van der Waals surface area (Å²) in [5, 5.41) is 13.0. The molecular weight excluding hydrogens is 421 g/mol. The fourth-order valence-corrected chi connectivity index (χ4v) is 5.79. The van der Waals surface area contributed by atoms with Gasteiger partial charge in [-0.05, 0) is 41.5 Å². The van der Waals surface area contributed by atoms with Gasteiger partial charge < -0.3 is 10.1 Å². The van der Waals surface area contributed by atoms with E-state index in [9.17, 15) is 13.4 Å². The molecule has 0 fully saturated rings. The fourth-order valence-electron chi connectivity index (χ4n) is 4.78. The van der Waals surface area contributed by atoms with Gasteiger partial charge in [0, 0.05) is 23.9 Å². The smallest absolute Gasteiger partial charge is 0.354 e. The monoisotopic (exact) mass is 447 g/mol. The number of aromatic nitrogens is 2. The molecule has 2 aliphatic carbocycles. The summed E-state index contributed by atoms with van der Waals surface area (Å²) in [6.45, 7) is 5.07. The van der Waals surface area contributed by atoms with Crippen molar-refractivity contribution in [2.75, 3.05) is 11.9 Å². The Morgan fingerprint density at radius 3 is 2.97 bits per heavy atom. The molecule has 2 heterocycles. The summed E-state index contributed by atoms with van der Waals surface area (Å²) >= 11 is 0. The summed E-state index contributed by atoms with van der Waals surface area (Å²) in [5.74, 6) is 0.283. The molecule has 0 saturated carbocycles. The number of hydrogen-bond donors (Lipinski definition) is 2. The van der Waals surface area contributed by atoms with Gasteiger partial charge in [-0.25, -0.2) is 23.2 Å². The second-order valence-electron chi connectivity index (χ2n) is 9.40. The molecule has 0 saturated heterocycles. The maximum atomic E-state index is 14.1. The van der Waals surface area contributed by atoms with E-state index in [4.69, 9.17) is 9.88 Å². The molecule has 8 nitrogen and oxygen atoms in total. The van der Waals surface area contributed by atoms with E-state index in [0.717, 1.165) is 41.5 Å². The van der Waals surface area contributed by atoms with Crippen molar-refractivity contribution in [1.29, 1.82) is 0 Å². The summed E-state index contributed by atoms with van der Waals surface area (Å²) in [5.41, 5.74) is 4.39. The van der Waals surface area contributed by atoms with Crippen LogP contribution in [0.15, 0.2) is 21.5 Å². The Bertz CT molecular complexity index is 1210. The average Bonchev–Trinajstić information content (AvgIpc) is 3.37. The lowest BCUT2D eigenvalue weighted by Crippen LogP contribution is -2.33. The van der Waals surface area contributed by atoms with Gasteiger partial charge in [0.15, 0.2) is 9.92 Å². The molecule has 1 unspecified atom stereocenters. The summed E-state index contributed by atoms with van der Waals surface area (Å²) < 4.78 is 38.3. The number of urea groups is 1. The van der Waals surface area contributed by atoms with Crippen LogP contribution in [0, 0.1) is 5.41 Å². The molecule has 2 aromatic rings. The van der Waals surface area contributed by atoms with Crippen molar-refractivity contribution >= 4 is 21.6 Å². The number of benzene rings is 1. The number of rotatable bonds is 2. The number of carbonyl (C=O) groups excluding carboxylic acids is 1. The number of nitrogens with one attached hydrogen (secondary N) is 1. The molecule has 0 radical (unpaired) electrons. The number of alkyl halides is 1. The molecule has 3 aliphatic rings. The molecule has 166 valence electrons. The largest absolute Gasteiger partial charge is 0.476 e. The second kappa shape index (κ2) is 7.03. The van der Waals surface area contributed by atoms with Crippen molar-refractivity contribution in [3.63, 3.8) is 0 Å². The van der Waals surface area contributed by atoms with Crippen LogP contribution in [0.2, 0.25) is 0 Å². The summed E-state index contributed by atoms with van der Waals surface area (Å²) in [6, 6.07) is 1.25. The fraction of sp³-hybridized carbons (Fsp3) is 0.524. The highest BCUT2D eigenvalue weighted by Crippen LogP contribution is 2.39. The van der Waals surface area contributed by atoms with E-state index in [1.54, 1.807) is 4.68 Å². The van der Waals surface area contributed by atoms with E-state index < -0.39 is 22.1 Å². The number of ether oxygens (including phenoxy) is 1. The van der Waals surface area contributed by atoms with Gasteiger partial charge in [0.1, 0.15) is 11.1 Å². The first-order valence-electron chi connectivity index (χ1n) is 10.5. The van der Waals surface area contributed by atoms with Crippen molar-refractivity contribution in [2.45, 2.75) is 63.6 Å². The predicted octanol–water partition coefficient (Wildman–Crippen LogP) is 3.16. The summed E-state index contributed by atoms with van der Waals surface area (Å²) in [4.78, 5) is 12.9. The van der Waals surface area contributed by atoms with Crippen molar-refractivity contribution in [3.05, 3.63) is 34.5 Å². The van der Waals surface area contributed by atoms with Crippen molar-refractivity contribution in [2.24, 2.45) is 14.9 Å². The standard InChI is InChI=1S/C21H26FN5O3S/c1-21(2)10-27-19(30-11-21)17(9-24-27)31(23,29)26-20(28)25-18-15-5-3-4-12(15)6-13-7-14(22)8-16(13)18/h6,9,14H,3-5,7-8,10-11H2,1-2H3,(H3,23,25,26,28,29)/t14-,31?/m0/s1. The van der Waals surface area contributed by atoms with Gasteiger partial charge in [-0.1, -0.05) is 19.9 Å². The lowest BCUT2D eigenvalue weighted by Gasteiger charge is -2.30. The molecule has 5 rings (SSSR count). The molecule has 1 aliphatic heterocycles. The Hall–Kier alpha value is -2.46. The van der Waals surface area contributed by atoms with Crippen LogP contribution in [0.4, 0.5) is 14.9 Å². The minimum absolute atomic E-state index is 0.102. The number of aryl methyl sites for hydroxylation is 1. The van der Waals surface area contributed by atoms with Crippen LogP contribution in [0.3, 0.4) is 0 Å². The number of nitrogens with zero attached hydrogens (tertiary/aromatic N) is 3. The highest BCUT2D eigenvalue weighted by molar-refractivity contribution is 7.91. The van der Waals surface area contributed by atoms with Crippen LogP contribution in [-0.2, 0) is 42.1 Å². The zero-order valence-corrected chi connectivity index (χ0v) is 18.4. The van der Waals surface area contributed by atoms with Gasteiger partial charge in [0.2, 0.25) is 5.88 Å². The van der Waals surface area contributed by atoms with Crippen LogP contribution in [-0.4, -0.2) is 32.8 Å². The zero-order valence-electron chi connectivity index (χ0n) is 17.6. The molecule has 2 amide bonds. The van der Waals surface area contributed by atoms with Crippen molar-refractivity contribution < 1.29 is 18.1 Å². The van der Waals surface area contributed by atoms with E-state index in [1.807, 2.05) is 13.8 Å². The minimum atomic E-state index is -3.57.